The van der Waals surface area contributed by atoms with Gasteiger partial charge in [0.05, 0.1) is 21.1 Å². The Labute approximate surface area is 163 Å². The molecule has 0 aliphatic rings. The highest BCUT2D eigenvalue weighted by atomic mass is 79.9. The second-order valence-electron chi connectivity index (χ2n) is 5.32. The average molecular weight is 462 g/mol. The number of para-hydroxylation sites is 1. The van der Waals surface area contributed by atoms with Crippen molar-refractivity contribution in [1.29, 1.82) is 0 Å². The molecule has 0 aliphatic heterocycles. The van der Waals surface area contributed by atoms with E-state index in [1.54, 1.807) is 32.0 Å². The van der Waals surface area contributed by atoms with Crippen LogP contribution in [-0.2, 0) is 24.3 Å². The normalized spacial score (nSPS) is 11.2. The lowest BCUT2D eigenvalue weighted by Crippen LogP contribution is -2.21. The lowest BCUT2D eigenvalue weighted by Gasteiger charge is -2.12. The Hall–Kier alpha value is -1.91. The Morgan fingerprint density at radius 1 is 1.19 bits per heavy atom. The zero-order valence-corrected chi connectivity index (χ0v) is 17.1. The van der Waals surface area contributed by atoms with Gasteiger partial charge < -0.3 is 9.47 Å². The molecule has 1 aromatic heterocycles. The first kappa shape index (κ1) is 20.4. The zero-order chi connectivity index (χ0) is 19.3. The Kier molecular flexibility index (Phi) is 6.79. The van der Waals surface area contributed by atoms with Gasteiger partial charge in [0.1, 0.15) is 4.21 Å². The van der Waals surface area contributed by atoms with Crippen LogP contribution in [0.15, 0.2) is 44.4 Å². The van der Waals surface area contributed by atoms with E-state index in [9.17, 15) is 18.0 Å². The highest BCUT2D eigenvalue weighted by Crippen LogP contribution is 2.28. The molecular weight excluding hydrogens is 446 g/mol. The number of anilines is 1. The summed E-state index contributed by atoms with van der Waals surface area (Å²) in [4.78, 5) is 23.7. The fourth-order valence-corrected chi connectivity index (χ4v) is 4.98. The number of nitrogens with one attached hydrogen (secondary N) is 1. The quantitative estimate of drug-likeness (QED) is 0.634. The molecule has 10 heteroatoms. The topological polar surface area (TPSA) is 98.8 Å². The molecule has 1 N–H and O–H groups in total. The van der Waals surface area contributed by atoms with Gasteiger partial charge in [0, 0.05) is 0 Å². The molecule has 0 bridgehead atoms. The van der Waals surface area contributed by atoms with Crippen LogP contribution in [0.4, 0.5) is 5.69 Å². The van der Waals surface area contributed by atoms with Crippen molar-refractivity contribution in [3.63, 3.8) is 0 Å². The summed E-state index contributed by atoms with van der Waals surface area (Å²) in [6, 6.07) is 9.02. The number of carbonyl (C=O) groups is 2. The van der Waals surface area contributed by atoms with E-state index < -0.39 is 28.6 Å². The molecule has 0 radical (unpaired) electrons. The summed E-state index contributed by atoms with van der Waals surface area (Å²) in [5.74, 6) is -1.52. The zero-order valence-electron chi connectivity index (χ0n) is 13.9. The number of benzene rings is 1. The van der Waals surface area contributed by atoms with E-state index in [2.05, 4.69) is 20.7 Å². The van der Waals surface area contributed by atoms with Crippen molar-refractivity contribution in [3.05, 3.63) is 45.7 Å². The number of sulfonamides is 1. The molecule has 1 aromatic carbocycles. The molecular formula is C16H16BrNO6S2. The molecule has 7 nitrogen and oxygen atoms in total. The minimum absolute atomic E-state index is 0.0101. The number of hydrogen-bond donors (Lipinski definition) is 1. The lowest BCUT2D eigenvalue weighted by molar-refractivity contribution is -0.150. The van der Waals surface area contributed by atoms with E-state index in [1.807, 2.05) is 0 Å². The second kappa shape index (κ2) is 8.65. The van der Waals surface area contributed by atoms with Crippen LogP contribution < -0.4 is 4.72 Å². The van der Waals surface area contributed by atoms with Crippen molar-refractivity contribution in [1.82, 2.24) is 0 Å². The van der Waals surface area contributed by atoms with Gasteiger partial charge in [-0.25, -0.2) is 18.0 Å². The van der Waals surface area contributed by atoms with E-state index in [0.29, 0.717) is 3.79 Å². The van der Waals surface area contributed by atoms with E-state index in [-0.39, 0.29) is 21.6 Å². The number of carbonyl (C=O) groups excluding carboxylic acids is 2. The number of rotatable bonds is 7. The van der Waals surface area contributed by atoms with E-state index in [1.165, 1.54) is 18.2 Å². The Morgan fingerprint density at radius 3 is 2.50 bits per heavy atom. The molecule has 0 aliphatic carbocycles. The fraction of sp³-hybridized carbons (Fsp3) is 0.250. The molecule has 0 saturated carbocycles. The smallest absolute Gasteiger partial charge is 0.344 e. The van der Waals surface area contributed by atoms with E-state index in [4.69, 9.17) is 9.47 Å². The summed E-state index contributed by atoms with van der Waals surface area (Å²) in [7, 11) is -3.86. The number of esters is 2. The van der Waals surface area contributed by atoms with Gasteiger partial charge in [0.15, 0.2) is 6.61 Å². The van der Waals surface area contributed by atoms with Crippen molar-refractivity contribution in [2.75, 3.05) is 11.3 Å². The maximum Gasteiger partial charge on any atom is 0.344 e. The highest BCUT2D eigenvalue weighted by Gasteiger charge is 2.21. The SMILES string of the molecule is CC(C)OC(=O)COC(=O)c1ccccc1NS(=O)(=O)c1ccc(Br)s1. The predicted octanol–water partition coefficient (Wildman–Crippen LogP) is 3.42. The van der Waals surface area contributed by atoms with Crippen molar-refractivity contribution in [2.45, 2.75) is 24.2 Å². The van der Waals surface area contributed by atoms with Crippen LogP contribution in [0.25, 0.3) is 0 Å². The number of halogens is 1. The molecule has 0 unspecified atom stereocenters. The molecule has 0 spiro atoms. The van der Waals surface area contributed by atoms with E-state index >= 15 is 0 Å². The number of thiophene rings is 1. The largest absolute Gasteiger partial charge is 0.460 e. The summed E-state index contributed by atoms with van der Waals surface area (Å²) in [5.41, 5.74) is 0.0447. The van der Waals surface area contributed by atoms with Gasteiger partial charge in [-0.05, 0) is 54.0 Å². The van der Waals surface area contributed by atoms with Gasteiger partial charge >= 0.3 is 11.9 Å². The van der Waals surface area contributed by atoms with Crippen LogP contribution >= 0.6 is 27.3 Å². The molecule has 0 amide bonds. The van der Waals surface area contributed by atoms with Gasteiger partial charge in [-0.1, -0.05) is 12.1 Å². The molecule has 26 heavy (non-hydrogen) atoms. The molecule has 0 atom stereocenters. The fourth-order valence-electron chi connectivity index (χ4n) is 1.89. The van der Waals surface area contributed by atoms with Gasteiger partial charge in [-0.15, -0.1) is 11.3 Å². The van der Waals surface area contributed by atoms with Crippen LogP contribution in [0.2, 0.25) is 0 Å². The standard InChI is InChI=1S/C16H16BrNO6S2/c1-10(2)24-14(19)9-23-16(20)11-5-3-4-6-12(11)18-26(21,22)15-8-7-13(17)25-15/h3-8,10,18H,9H2,1-2H3. The Bertz CT molecular complexity index is 907. The predicted molar refractivity (Wildman–Crippen MR) is 101 cm³/mol. The molecule has 1 heterocycles. The number of ether oxygens (including phenoxy) is 2. The maximum absolute atomic E-state index is 12.4. The summed E-state index contributed by atoms with van der Waals surface area (Å²) < 4.78 is 37.8. The van der Waals surface area contributed by atoms with Gasteiger partial charge in [0.25, 0.3) is 10.0 Å². The lowest BCUT2D eigenvalue weighted by atomic mass is 10.2. The Balaban J connectivity index is 2.14. The van der Waals surface area contributed by atoms with Crippen LogP contribution in [0, 0.1) is 0 Å². The summed E-state index contributed by atoms with van der Waals surface area (Å²) in [6.07, 6.45) is -0.328. The van der Waals surface area contributed by atoms with E-state index in [0.717, 1.165) is 11.3 Å². The van der Waals surface area contributed by atoms with Crippen LogP contribution in [0.3, 0.4) is 0 Å². The summed E-state index contributed by atoms with van der Waals surface area (Å²) >= 11 is 4.24. The third kappa shape index (κ3) is 5.55. The van der Waals surface area contributed by atoms with Crippen molar-refractivity contribution in [2.24, 2.45) is 0 Å². The first-order valence-corrected chi connectivity index (χ1v) is 10.5. The first-order valence-electron chi connectivity index (χ1n) is 7.43. The number of hydrogen-bond acceptors (Lipinski definition) is 7. The van der Waals surface area contributed by atoms with Crippen molar-refractivity contribution < 1.29 is 27.5 Å². The van der Waals surface area contributed by atoms with Gasteiger partial charge in [0.2, 0.25) is 0 Å². The molecule has 0 saturated heterocycles. The summed E-state index contributed by atoms with van der Waals surface area (Å²) in [6.45, 7) is 2.79. The van der Waals surface area contributed by atoms with Crippen molar-refractivity contribution >= 4 is 54.9 Å². The third-order valence-electron chi connectivity index (χ3n) is 2.89. The van der Waals surface area contributed by atoms with Crippen LogP contribution in [0.1, 0.15) is 24.2 Å². The first-order chi connectivity index (χ1) is 12.2. The van der Waals surface area contributed by atoms with Gasteiger partial charge in [-0.2, -0.15) is 0 Å². The van der Waals surface area contributed by atoms with Crippen LogP contribution in [0.5, 0.6) is 0 Å². The molecule has 0 fully saturated rings. The molecule has 2 aromatic rings. The van der Waals surface area contributed by atoms with Crippen LogP contribution in [-0.4, -0.2) is 33.1 Å². The minimum Gasteiger partial charge on any atom is -0.460 e. The molecule has 2 rings (SSSR count). The van der Waals surface area contributed by atoms with Crippen molar-refractivity contribution in [3.8, 4) is 0 Å². The second-order valence-corrected chi connectivity index (χ2v) is 9.70. The molecule has 140 valence electrons. The highest BCUT2D eigenvalue weighted by molar-refractivity contribution is 9.11. The summed E-state index contributed by atoms with van der Waals surface area (Å²) in [5, 5.41) is 0. The third-order valence-corrected chi connectivity index (χ3v) is 6.37. The Morgan fingerprint density at radius 2 is 1.88 bits per heavy atom. The minimum atomic E-state index is -3.86. The average Bonchev–Trinajstić information content (AvgIpc) is 2.99. The maximum atomic E-state index is 12.4. The van der Waals surface area contributed by atoms with Gasteiger partial charge in [-0.3, -0.25) is 4.72 Å². The monoisotopic (exact) mass is 461 g/mol.